The number of nitrogens with zero attached hydrogens (tertiary/aromatic N) is 2. The highest BCUT2D eigenvalue weighted by Crippen LogP contribution is 2.17. The van der Waals surface area contributed by atoms with E-state index in [2.05, 4.69) is 4.98 Å². The zero-order valence-corrected chi connectivity index (χ0v) is 10.3. The molecule has 0 aliphatic carbocycles. The van der Waals surface area contributed by atoms with Gasteiger partial charge >= 0.3 is 0 Å². The molecule has 2 N–H and O–H groups in total. The van der Waals surface area contributed by atoms with Crippen LogP contribution in [0, 0.1) is 5.82 Å². The van der Waals surface area contributed by atoms with E-state index in [4.69, 9.17) is 10.5 Å². The first-order chi connectivity index (χ1) is 8.74. The predicted molar refractivity (Wildman–Crippen MR) is 67.0 cm³/mol. The van der Waals surface area contributed by atoms with E-state index in [1.165, 1.54) is 13.2 Å². The summed E-state index contributed by atoms with van der Waals surface area (Å²) >= 11 is 0. The number of methoxy groups -OCH3 is 1. The van der Waals surface area contributed by atoms with Crippen molar-refractivity contribution in [2.24, 2.45) is 5.73 Å². The Morgan fingerprint density at radius 3 is 2.94 bits per heavy atom. The maximum absolute atomic E-state index is 13.8. The second kappa shape index (κ2) is 5.64. The number of hydrogen-bond donors (Lipinski definition) is 1. The summed E-state index contributed by atoms with van der Waals surface area (Å²) in [5, 5.41) is 0. The van der Waals surface area contributed by atoms with Crippen LogP contribution < -0.4 is 10.5 Å². The molecule has 0 fully saturated rings. The van der Waals surface area contributed by atoms with Crippen LogP contribution in [-0.2, 0) is 13.0 Å². The number of rotatable bonds is 5. The van der Waals surface area contributed by atoms with Gasteiger partial charge in [-0.3, -0.25) is 0 Å². The van der Waals surface area contributed by atoms with Crippen LogP contribution in [0.3, 0.4) is 0 Å². The van der Waals surface area contributed by atoms with E-state index in [0.29, 0.717) is 30.8 Å². The third-order valence-electron chi connectivity index (χ3n) is 2.77. The van der Waals surface area contributed by atoms with Crippen LogP contribution in [0.15, 0.2) is 30.6 Å². The SMILES string of the molecule is COc1ccc(Cn2ccnc2CCN)c(F)c1. The lowest BCUT2D eigenvalue weighted by molar-refractivity contribution is 0.410. The number of ether oxygens (including phenoxy) is 1. The fourth-order valence-electron chi connectivity index (χ4n) is 1.81. The first kappa shape index (κ1) is 12.6. The van der Waals surface area contributed by atoms with E-state index >= 15 is 0 Å². The molecule has 0 saturated heterocycles. The van der Waals surface area contributed by atoms with Gasteiger partial charge in [-0.15, -0.1) is 0 Å². The van der Waals surface area contributed by atoms with Gasteiger partial charge in [-0.2, -0.15) is 0 Å². The molecule has 0 amide bonds. The van der Waals surface area contributed by atoms with Gasteiger partial charge < -0.3 is 15.0 Å². The highest BCUT2D eigenvalue weighted by molar-refractivity contribution is 5.29. The van der Waals surface area contributed by atoms with Crippen LogP contribution >= 0.6 is 0 Å². The third kappa shape index (κ3) is 2.68. The number of aromatic nitrogens is 2. The monoisotopic (exact) mass is 249 g/mol. The van der Waals surface area contributed by atoms with Crippen molar-refractivity contribution < 1.29 is 9.13 Å². The molecule has 2 rings (SSSR count). The van der Waals surface area contributed by atoms with E-state index in [1.807, 2.05) is 10.8 Å². The van der Waals surface area contributed by atoms with Gasteiger partial charge in [0.25, 0.3) is 0 Å². The average molecular weight is 249 g/mol. The van der Waals surface area contributed by atoms with Gasteiger partial charge in [-0.25, -0.2) is 9.37 Å². The highest BCUT2D eigenvalue weighted by atomic mass is 19.1. The molecule has 2 aromatic rings. The van der Waals surface area contributed by atoms with Gasteiger partial charge in [0.1, 0.15) is 17.4 Å². The Morgan fingerprint density at radius 1 is 1.44 bits per heavy atom. The molecular formula is C13H16FN3O. The predicted octanol–water partition coefficient (Wildman–Crippen LogP) is 1.58. The summed E-state index contributed by atoms with van der Waals surface area (Å²) in [5.74, 6) is 1.11. The largest absolute Gasteiger partial charge is 0.497 e. The van der Waals surface area contributed by atoms with Gasteiger partial charge in [0.15, 0.2) is 0 Å². The normalized spacial score (nSPS) is 10.6. The highest BCUT2D eigenvalue weighted by Gasteiger charge is 2.07. The smallest absolute Gasteiger partial charge is 0.131 e. The van der Waals surface area contributed by atoms with Crippen LogP contribution in [-0.4, -0.2) is 23.2 Å². The number of halogens is 1. The van der Waals surface area contributed by atoms with Gasteiger partial charge in [0.2, 0.25) is 0 Å². The number of nitrogens with two attached hydrogens (primary N) is 1. The van der Waals surface area contributed by atoms with Crippen molar-refractivity contribution in [2.45, 2.75) is 13.0 Å². The van der Waals surface area contributed by atoms with Crippen molar-refractivity contribution in [3.8, 4) is 5.75 Å². The molecule has 1 aromatic heterocycles. The van der Waals surface area contributed by atoms with Crippen molar-refractivity contribution in [1.82, 2.24) is 9.55 Å². The molecule has 5 heteroatoms. The number of imidazole rings is 1. The summed E-state index contributed by atoms with van der Waals surface area (Å²) in [6.45, 7) is 0.979. The maximum atomic E-state index is 13.8. The maximum Gasteiger partial charge on any atom is 0.131 e. The fourth-order valence-corrected chi connectivity index (χ4v) is 1.81. The molecule has 0 atom stereocenters. The van der Waals surface area contributed by atoms with Crippen LogP contribution in [0.2, 0.25) is 0 Å². The lowest BCUT2D eigenvalue weighted by atomic mass is 10.2. The molecule has 96 valence electrons. The van der Waals surface area contributed by atoms with Gasteiger partial charge in [0, 0.05) is 30.4 Å². The van der Waals surface area contributed by atoms with E-state index in [9.17, 15) is 4.39 Å². The Bertz CT molecular complexity index is 525. The van der Waals surface area contributed by atoms with Crippen LogP contribution in [0.4, 0.5) is 4.39 Å². The standard InChI is InChI=1S/C13H16FN3O/c1-18-11-3-2-10(12(14)8-11)9-17-7-6-16-13(17)4-5-15/h2-3,6-8H,4-5,9,15H2,1H3. The summed E-state index contributed by atoms with van der Waals surface area (Å²) in [5.41, 5.74) is 6.11. The van der Waals surface area contributed by atoms with E-state index < -0.39 is 0 Å². The lowest BCUT2D eigenvalue weighted by Crippen LogP contribution is -2.11. The average Bonchev–Trinajstić information content (AvgIpc) is 2.80. The molecule has 0 bridgehead atoms. The van der Waals surface area contributed by atoms with Crippen molar-refractivity contribution in [3.05, 3.63) is 47.8 Å². The zero-order valence-electron chi connectivity index (χ0n) is 10.3. The van der Waals surface area contributed by atoms with Gasteiger partial charge in [-0.05, 0) is 12.6 Å². The first-order valence-corrected chi connectivity index (χ1v) is 5.77. The van der Waals surface area contributed by atoms with E-state index in [1.54, 1.807) is 18.3 Å². The molecule has 0 spiro atoms. The lowest BCUT2D eigenvalue weighted by Gasteiger charge is -2.09. The second-order valence-electron chi connectivity index (χ2n) is 3.97. The Labute approximate surface area is 105 Å². The minimum atomic E-state index is -0.276. The summed E-state index contributed by atoms with van der Waals surface area (Å²) in [7, 11) is 1.52. The Balaban J connectivity index is 2.20. The molecule has 18 heavy (non-hydrogen) atoms. The summed E-state index contributed by atoms with van der Waals surface area (Å²) in [4.78, 5) is 4.20. The minimum Gasteiger partial charge on any atom is -0.497 e. The van der Waals surface area contributed by atoms with Crippen molar-refractivity contribution >= 4 is 0 Å². The molecule has 1 aromatic carbocycles. The van der Waals surface area contributed by atoms with Crippen molar-refractivity contribution in [3.63, 3.8) is 0 Å². The molecule has 1 heterocycles. The molecular weight excluding hydrogens is 233 g/mol. The third-order valence-corrected chi connectivity index (χ3v) is 2.77. The molecule has 0 aliphatic rings. The molecule has 0 unspecified atom stereocenters. The van der Waals surface area contributed by atoms with Crippen LogP contribution in [0.1, 0.15) is 11.4 Å². The molecule has 0 saturated carbocycles. The van der Waals surface area contributed by atoms with Crippen LogP contribution in [0.25, 0.3) is 0 Å². The van der Waals surface area contributed by atoms with E-state index in [0.717, 1.165) is 5.82 Å². The Morgan fingerprint density at radius 2 is 2.28 bits per heavy atom. The topological polar surface area (TPSA) is 53.1 Å². The molecule has 4 nitrogen and oxygen atoms in total. The summed E-state index contributed by atoms with van der Waals surface area (Å²) < 4.78 is 20.7. The zero-order chi connectivity index (χ0) is 13.0. The molecule has 0 aliphatic heterocycles. The summed E-state index contributed by atoms with van der Waals surface area (Å²) in [6, 6.07) is 4.85. The quantitative estimate of drug-likeness (QED) is 0.875. The molecule has 0 radical (unpaired) electrons. The Kier molecular flexibility index (Phi) is 3.94. The van der Waals surface area contributed by atoms with Crippen molar-refractivity contribution in [1.29, 1.82) is 0 Å². The number of hydrogen-bond acceptors (Lipinski definition) is 3. The Hall–Kier alpha value is -1.88. The minimum absolute atomic E-state index is 0.276. The second-order valence-corrected chi connectivity index (χ2v) is 3.97. The number of benzene rings is 1. The van der Waals surface area contributed by atoms with Gasteiger partial charge in [0.05, 0.1) is 13.7 Å². The van der Waals surface area contributed by atoms with Gasteiger partial charge in [-0.1, -0.05) is 6.07 Å². The van der Waals surface area contributed by atoms with Crippen molar-refractivity contribution in [2.75, 3.05) is 13.7 Å². The first-order valence-electron chi connectivity index (χ1n) is 5.77. The van der Waals surface area contributed by atoms with E-state index in [-0.39, 0.29) is 5.82 Å². The summed E-state index contributed by atoms with van der Waals surface area (Å²) in [6.07, 6.45) is 4.21. The van der Waals surface area contributed by atoms with Crippen LogP contribution in [0.5, 0.6) is 5.75 Å². The fraction of sp³-hybridized carbons (Fsp3) is 0.308.